The third kappa shape index (κ3) is 4.74. The first-order valence-electron chi connectivity index (χ1n) is 8.35. The van der Waals surface area contributed by atoms with E-state index in [2.05, 4.69) is 26.7 Å². The van der Waals surface area contributed by atoms with Gasteiger partial charge in [-0.2, -0.15) is 10.2 Å². The van der Waals surface area contributed by atoms with Gasteiger partial charge in [-0.15, -0.1) is 0 Å². The molecule has 2 aromatic carbocycles. The molecular weight excluding hydrogens is 381 g/mol. The predicted octanol–water partition coefficient (Wildman–Crippen LogP) is 5.08. The molecule has 0 fully saturated rings. The van der Waals surface area contributed by atoms with E-state index < -0.39 is 0 Å². The normalized spacial score (nSPS) is 10.4. The van der Waals surface area contributed by atoms with Crippen molar-refractivity contribution in [3.05, 3.63) is 70.1 Å². The molecule has 0 unspecified atom stereocenters. The molecule has 8 heteroatoms. The second-order valence-electron chi connectivity index (χ2n) is 6.02. The van der Waals surface area contributed by atoms with Crippen LogP contribution in [0.25, 0.3) is 0 Å². The second-order valence-corrected chi connectivity index (χ2v) is 6.43. The highest BCUT2D eigenvalue weighted by atomic mass is 35.5. The molecule has 1 aromatic heterocycles. The largest absolute Gasteiger partial charge is 0.378 e. The molecule has 0 aliphatic rings. The summed E-state index contributed by atoms with van der Waals surface area (Å²) in [5.41, 5.74) is 2.94. The Kier molecular flexibility index (Phi) is 6.04. The summed E-state index contributed by atoms with van der Waals surface area (Å²) in [6.07, 6.45) is 0. The number of aromatic nitrogens is 2. The highest BCUT2D eigenvalue weighted by Crippen LogP contribution is 2.28. The first kappa shape index (κ1) is 19.5. The van der Waals surface area contributed by atoms with E-state index >= 15 is 0 Å². The van der Waals surface area contributed by atoms with Crippen LogP contribution in [0.1, 0.15) is 16.8 Å². The number of anilines is 4. The van der Waals surface area contributed by atoms with Crippen LogP contribution in [-0.4, -0.2) is 17.1 Å². The fraction of sp³-hybridized carbons (Fsp3) is 0.150. The molecule has 6 nitrogen and oxygen atoms in total. The molecule has 0 saturated heterocycles. The number of benzene rings is 2. The van der Waals surface area contributed by atoms with Crippen molar-refractivity contribution in [2.24, 2.45) is 0 Å². The predicted molar refractivity (Wildman–Crippen MR) is 107 cm³/mol. The Morgan fingerprint density at radius 2 is 1.89 bits per heavy atom. The van der Waals surface area contributed by atoms with Gasteiger partial charge in [0, 0.05) is 18.9 Å². The summed E-state index contributed by atoms with van der Waals surface area (Å²) < 4.78 is 18.8. The van der Waals surface area contributed by atoms with Crippen molar-refractivity contribution in [1.29, 1.82) is 5.26 Å². The zero-order chi connectivity index (χ0) is 20.1. The summed E-state index contributed by atoms with van der Waals surface area (Å²) in [6, 6.07) is 13.6. The number of halogens is 2. The lowest BCUT2D eigenvalue weighted by Gasteiger charge is -2.13. The minimum Gasteiger partial charge on any atom is -0.378 e. The van der Waals surface area contributed by atoms with Gasteiger partial charge in [-0.1, -0.05) is 11.6 Å². The van der Waals surface area contributed by atoms with Gasteiger partial charge in [-0.3, -0.25) is 0 Å². The first-order valence-corrected chi connectivity index (χ1v) is 8.73. The zero-order valence-corrected chi connectivity index (χ0v) is 16.0. The number of aryl methyl sites for hydroxylation is 1. The Hall–Kier alpha value is -3.21. The van der Waals surface area contributed by atoms with E-state index in [4.69, 9.17) is 21.6 Å². The summed E-state index contributed by atoms with van der Waals surface area (Å²) in [5.74, 6) is 0.448. The number of rotatable bonds is 6. The average Bonchev–Trinajstić information content (AvgIpc) is 2.67. The Morgan fingerprint density at radius 1 is 1.14 bits per heavy atom. The van der Waals surface area contributed by atoms with Crippen LogP contribution in [0.3, 0.4) is 0 Å². The number of methoxy groups -OCH3 is 1. The van der Waals surface area contributed by atoms with Crippen LogP contribution in [-0.2, 0) is 11.3 Å². The Bertz CT molecular complexity index is 1030. The average molecular weight is 398 g/mol. The van der Waals surface area contributed by atoms with Crippen LogP contribution in [0.5, 0.6) is 0 Å². The minimum absolute atomic E-state index is 0.247. The molecule has 0 saturated carbocycles. The van der Waals surface area contributed by atoms with E-state index in [-0.39, 0.29) is 17.4 Å². The molecule has 0 bridgehead atoms. The maximum absolute atomic E-state index is 13.6. The molecule has 3 rings (SSSR count). The number of nitrogens with one attached hydrogen (secondary N) is 2. The first-order chi connectivity index (χ1) is 13.5. The van der Waals surface area contributed by atoms with Crippen molar-refractivity contribution in [3.8, 4) is 6.07 Å². The van der Waals surface area contributed by atoms with Gasteiger partial charge in [0.05, 0.1) is 34.6 Å². The van der Waals surface area contributed by atoms with E-state index in [9.17, 15) is 4.39 Å². The van der Waals surface area contributed by atoms with Crippen LogP contribution < -0.4 is 10.6 Å². The molecule has 0 atom stereocenters. The third-order valence-corrected chi connectivity index (χ3v) is 4.17. The van der Waals surface area contributed by atoms with Crippen LogP contribution >= 0.6 is 11.6 Å². The molecular formula is C20H17ClFN5O. The summed E-state index contributed by atoms with van der Waals surface area (Å²) in [5, 5.41) is 15.3. The van der Waals surface area contributed by atoms with E-state index in [0.29, 0.717) is 34.3 Å². The van der Waals surface area contributed by atoms with Crippen molar-refractivity contribution in [1.82, 2.24) is 9.97 Å². The Morgan fingerprint density at radius 3 is 2.57 bits per heavy atom. The van der Waals surface area contributed by atoms with Gasteiger partial charge in [-0.05, 0) is 48.9 Å². The molecule has 0 radical (unpaired) electrons. The summed E-state index contributed by atoms with van der Waals surface area (Å²) in [4.78, 5) is 8.85. The number of hydrogen-bond acceptors (Lipinski definition) is 6. The Balaban J connectivity index is 1.90. The van der Waals surface area contributed by atoms with Crippen molar-refractivity contribution < 1.29 is 9.13 Å². The molecule has 28 heavy (non-hydrogen) atoms. The molecule has 0 aliphatic heterocycles. The molecule has 142 valence electrons. The number of hydrogen-bond donors (Lipinski definition) is 2. The van der Waals surface area contributed by atoms with E-state index in [1.807, 2.05) is 0 Å². The molecule has 1 heterocycles. The minimum atomic E-state index is -0.374. The number of ether oxygens (including phenoxy) is 1. The standard InChI is InChI=1S/C20H17ClFN5O/c1-12-7-18(16(21)9-17(12)22)26-19-8-15(11-28-2)25-20(27-19)24-14-5-3-13(10-23)4-6-14/h3-9H,11H2,1-2H3,(H2,24,25,26,27). The van der Waals surface area contributed by atoms with E-state index in [1.165, 1.54) is 6.07 Å². The van der Waals surface area contributed by atoms with Gasteiger partial charge in [0.1, 0.15) is 11.6 Å². The summed E-state index contributed by atoms with van der Waals surface area (Å²) in [6.45, 7) is 1.94. The van der Waals surface area contributed by atoms with Gasteiger partial charge in [0.25, 0.3) is 0 Å². The highest BCUT2D eigenvalue weighted by molar-refractivity contribution is 6.33. The van der Waals surface area contributed by atoms with Crippen LogP contribution in [0.4, 0.5) is 27.5 Å². The van der Waals surface area contributed by atoms with Gasteiger partial charge in [0.15, 0.2) is 0 Å². The van der Waals surface area contributed by atoms with Crippen molar-refractivity contribution >= 4 is 34.7 Å². The lowest BCUT2D eigenvalue weighted by atomic mass is 10.2. The fourth-order valence-electron chi connectivity index (χ4n) is 2.49. The fourth-order valence-corrected chi connectivity index (χ4v) is 2.69. The van der Waals surface area contributed by atoms with Gasteiger partial charge >= 0.3 is 0 Å². The second kappa shape index (κ2) is 8.65. The van der Waals surface area contributed by atoms with Crippen LogP contribution in [0.15, 0.2) is 42.5 Å². The highest BCUT2D eigenvalue weighted by Gasteiger charge is 2.10. The third-order valence-electron chi connectivity index (χ3n) is 3.85. The lowest BCUT2D eigenvalue weighted by Crippen LogP contribution is -2.05. The number of nitriles is 1. The Labute approximate surface area is 167 Å². The van der Waals surface area contributed by atoms with Crippen LogP contribution in [0, 0.1) is 24.1 Å². The van der Waals surface area contributed by atoms with E-state index in [0.717, 1.165) is 5.69 Å². The van der Waals surface area contributed by atoms with Crippen molar-refractivity contribution in [3.63, 3.8) is 0 Å². The maximum atomic E-state index is 13.6. The molecule has 0 aliphatic carbocycles. The van der Waals surface area contributed by atoms with E-state index in [1.54, 1.807) is 50.4 Å². The van der Waals surface area contributed by atoms with Gasteiger partial charge < -0.3 is 15.4 Å². The summed E-state index contributed by atoms with van der Waals surface area (Å²) in [7, 11) is 1.57. The molecule has 0 amide bonds. The van der Waals surface area contributed by atoms with Gasteiger partial charge in [-0.25, -0.2) is 9.37 Å². The smallest absolute Gasteiger partial charge is 0.229 e. The quantitative estimate of drug-likeness (QED) is 0.603. The lowest BCUT2D eigenvalue weighted by molar-refractivity contribution is 0.181. The number of nitrogens with zero attached hydrogens (tertiary/aromatic N) is 3. The topological polar surface area (TPSA) is 82.9 Å². The molecule has 2 N–H and O–H groups in total. The van der Waals surface area contributed by atoms with Crippen LogP contribution in [0.2, 0.25) is 5.02 Å². The molecule has 0 spiro atoms. The van der Waals surface area contributed by atoms with Gasteiger partial charge in [0.2, 0.25) is 5.95 Å². The maximum Gasteiger partial charge on any atom is 0.229 e. The summed E-state index contributed by atoms with van der Waals surface area (Å²) >= 11 is 6.14. The van der Waals surface area contributed by atoms with Crippen molar-refractivity contribution in [2.45, 2.75) is 13.5 Å². The van der Waals surface area contributed by atoms with Crippen molar-refractivity contribution in [2.75, 3.05) is 17.7 Å². The monoisotopic (exact) mass is 397 g/mol. The zero-order valence-electron chi connectivity index (χ0n) is 15.3. The SMILES string of the molecule is COCc1cc(Nc2cc(C)c(F)cc2Cl)nc(Nc2ccc(C#N)cc2)n1. The molecule has 3 aromatic rings.